The van der Waals surface area contributed by atoms with Crippen molar-refractivity contribution in [1.29, 1.82) is 0 Å². The number of aromatic nitrogens is 1. The van der Waals surface area contributed by atoms with E-state index in [1.165, 1.54) is 30.3 Å². The van der Waals surface area contributed by atoms with Gasteiger partial charge in [-0.15, -0.1) is 11.3 Å². The maximum Gasteiger partial charge on any atom is 0.325 e. The Balaban J connectivity index is 1.50. The number of ether oxygens (including phenoxy) is 3. The molecule has 0 aliphatic rings. The molecule has 2 amide bonds. The monoisotopic (exact) mass is 469 g/mol. The van der Waals surface area contributed by atoms with Crippen LogP contribution in [0.5, 0.6) is 11.5 Å². The molecule has 0 unspecified atom stereocenters. The number of carbonyl (C=O) groups is 3. The first-order valence-corrected chi connectivity index (χ1v) is 10.8. The molecule has 0 aliphatic heterocycles. The van der Waals surface area contributed by atoms with Crippen molar-refractivity contribution < 1.29 is 28.6 Å². The Morgan fingerprint density at radius 1 is 1.06 bits per heavy atom. The summed E-state index contributed by atoms with van der Waals surface area (Å²) in [4.78, 5) is 41.9. The summed E-state index contributed by atoms with van der Waals surface area (Å²) in [5, 5.41) is 4.55. The van der Waals surface area contributed by atoms with E-state index in [0.717, 1.165) is 0 Å². The van der Waals surface area contributed by atoms with Crippen LogP contribution in [0.4, 0.5) is 10.8 Å². The molecule has 33 heavy (non-hydrogen) atoms. The van der Waals surface area contributed by atoms with E-state index in [4.69, 9.17) is 14.2 Å². The Kier molecular flexibility index (Phi) is 8.36. The highest BCUT2D eigenvalue weighted by atomic mass is 32.1. The number of anilines is 2. The highest BCUT2D eigenvalue weighted by Crippen LogP contribution is 2.35. The van der Waals surface area contributed by atoms with Crippen molar-refractivity contribution in [2.24, 2.45) is 0 Å². The number of nitrogens with one attached hydrogen (secondary N) is 1. The molecule has 0 saturated carbocycles. The minimum atomic E-state index is -0.620. The fraction of sp³-hybridized carbons (Fsp3) is 0.217. The van der Waals surface area contributed by atoms with Gasteiger partial charge in [0.25, 0.3) is 5.91 Å². The summed E-state index contributed by atoms with van der Waals surface area (Å²) in [7, 11) is 1.52. The van der Waals surface area contributed by atoms with Gasteiger partial charge >= 0.3 is 5.97 Å². The zero-order chi connectivity index (χ0) is 23.6. The molecular formula is C23H23N3O6S. The highest BCUT2D eigenvalue weighted by Gasteiger charge is 2.21. The summed E-state index contributed by atoms with van der Waals surface area (Å²) in [5.41, 5.74) is 1.04. The highest BCUT2D eigenvalue weighted by molar-refractivity contribution is 7.14. The van der Waals surface area contributed by atoms with E-state index in [0.29, 0.717) is 28.0 Å². The van der Waals surface area contributed by atoms with Gasteiger partial charge in [0.05, 0.1) is 18.5 Å². The van der Waals surface area contributed by atoms with E-state index < -0.39 is 11.9 Å². The number of hydrogen-bond acceptors (Lipinski definition) is 8. The Morgan fingerprint density at radius 3 is 2.52 bits per heavy atom. The molecule has 0 saturated heterocycles. The number of para-hydroxylation sites is 3. The van der Waals surface area contributed by atoms with Crippen LogP contribution in [0, 0.1) is 0 Å². The zero-order valence-corrected chi connectivity index (χ0v) is 19.0. The predicted molar refractivity (Wildman–Crippen MR) is 123 cm³/mol. The third kappa shape index (κ3) is 6.78. The lowest BCUT2D eigenvalue weighted by Gasteiger charge is -2.20. The molecule has 9 nitrogen and oxygen atoms in total. The number of rotatable bonds is 10. The van der Waals surface area contributed by atoms with Gasteiger partial charge in [-0.2, -0.15) is 0 Å². The smallest absolute Gasteiger partial charge is 0.325 e. The second-order valence-corrected chi connectivity index (χ2v) is 7.52. The number of amides is 2. The van der Waals surface area contributed by atoms with Gasteiger partial charge in [-0.05, 0) is 24.3 Å². The van der Waals surface area contributed by atoms with Gasteiger partial charge in [0.15, 0.2) is 11.7 Å². The molecule has 3 aromatic rings. The first-order chi connectivity index (χ1) is 16.0. The van der Waals surface area contributed by atoms with Crippen molar-refractivity contribution in [3.05, 3.63) is 65.7 Å². The SMILES string of the molecule is COc1ccccc1N(C(C)=O)c1nc(COC(=O)CNC(=O)COc2ccccc2)cs1. The Hall–Kier alpha value is -3.92. The first kappa shape index (κ1) is 23.7. The lowest BCUT2D eigenvalue weighted by atomic mass is 10.2. The van der Waals surface area contributed by atoms with E-state index >= 15 is 0 Å². The summed E-state index contributed by atoms with van der Waals surface area (Å²) < 4.78 is 15.8. The zero-order valence-electron chi connectivity index (χ0n) is 18.1. The molecule has 0 aliphatic carbocycles. The Morgan fingerprint density at radius 2 is 1.79 bits per heavy atom. The fourth-order valence-corrected chi connectivity index (χ4v) is 3.64. The predicted octanol–water partition coefficient (Wildman–Crippen LogP) is 3.07. The number of carbonyl (C=O) groups excluding carboxylic acids is 3. The first-order valence-electron chi connectivity index (χ1n) is 9.96. The molecular weight excluding hydrogens is 446 g/mol. The van der Waals surface area contributed by atoms with Crippen LogP contribution < -0.4 is 19.7 Å². The molecule has 0 radical (unpaired) electrons. The molecule has 1 aromatic heterocycles. The number of methoxy groups -OCH3 is 1. The maximum absolute atomic E-state index is 12.3. The standard InChI is InChI=1S/C23H23N3O6S/c1-16(27)26(19-10-6-7-11-20(19)30-2)23-25-17(15-33-23)13-32-22(29)12-24-21(28)14-31-18-8-4-3-5-9-18/h3-11,15H,12-14H2,1-2H3,(H,24,28). The number of thiazole rings is 1. The average molecular weight is 470 g/mol. The molecule has 1 heterocycles. The largest absolute Gasteiger partial charge is 0.495 e. The number of benzene rings is 2. The number of hydrogen-bond donors (Lipinski definition) is 1. The summed E-state index contributed by atoms with van der Waals surface area (Å²) in [6.45, 7) is 0.826. The van der Waals surface area contributed by atoms with Gasteiger partial charge in [0, 0.05) is 12.3 Å². The molecule has 1 N–H and O–H groups in total. The van der Waals surface area contributed by atoms with E-state index in [1.54, 1.807) is 53.9 Å². The van der Waals surface area contributed by atoms with Crippen molar-refractivity contribution in [2.75, 3.05) is 25.2 Å². The molecule has 0 bridgehead atoms. The van der Waals surface area contributed by atoms with Crippen molar-refractivity contribution >= 4 is 39.9 Å². The summed E-state index contributed by atoms with van der Waals surface area (Å²) in [6.07, 6.45) is 0. The van der Waals surface area contributed by atoms with Crippen LogP contribution in [-0.4, -0.2) is 43.0 Å². The molecule has 2 aromatic carbocycles. The van der Waals surface area contributed by atoms with Crippen LogP contribution in [0.2, 0.25) is 0 Å². The fourth-order valence-electron chi connectivity index (χ4n) is 2.78. The van der Waals surface area contributed by atoms with Gasteiger partial charge in [-0.25, -0.2) is 4.98 Å². The third-order valence-corrected chi connectivity index (χ3v) is 5.17. The average Bonchev–Trinajstić information content (AvgIpc) is 3.29. The van der Waals surface area contributed by atoms with Gasteiger partial charge in [0.2, 0.25) is 5.91 Å². The van der Waals surface area contributed by atoms with Gasteiger partial charge in [-0.3, -0.25) is 19.3 Å². The van der Waals surface area contributed by atoms with Gasteiger partial charge in [-0.1, -0.05) is 30.3 Å². The molecule has 0 spiro atoms. The van der Waals surface area contributed by atoms with E-state index in [-0.39, 0.29) is 25.7 Å². The molecule has 3 rings (SSSR count). The second-order valence-electron chi connectivity index (χ2n) is 6.69. The molecule has 0 fully saturated rings. The van der Waals surface area contributed by atoms with Gasteiger partial charge in [0.1, 0.15) is 24.7 Å². The topological polar surface area (TPSA) is 107 Å². The molecule has 10 heteroatoms. The van der Waals surface area contributed by atoms with Crippen molar-refractivity contribution in [3.63, 3.8) is 0 Å². The summed E-state index contributed by atoms with van der Waals surface area (Å²) in [6, 6.07) is 16.0. The van der Waals surface area contributed by atoms with E-state index in [2.05, 4.69) is 10.3 Å². The summed E-state index contributed by atoms with van der Waals surface area (Å²) >= 11 is 1.24. The van der Waals surface area contributed by atoms with Crippen molar-refractivity contribution in [2.45, 2.75) is 13.5 Å². The van der Waals surface area contributed by atoms with Crippen LogP contribution >= 0.6 is 11.3 Å². The van der Waals surface area contributed by atoms with Crippen molar-refractivity contribution in [1.82, 2.24) is 10.3 Å². The lowest BCUT2D eigenvalue weighted by Crippen LogP contribution is -2.34. The quantitative estimate of drug-likeness (QED) is 0.455. The normalized spacial score (nSPS) is 10.2. The third-order valence-electron chi connectivity index (χ3n) is 4.30. The number of esters is 1. The lowest BCUT2D eigenvalue weighted by molar-refractivity contribution is -0.145. The number of nitrogens with zero attached hydrogens (tertiary/aromatic N) is 2. The van der Waals surface area contributed by atoms with Crippen LogP contribution in [-0.2, 0) is 25.7 Å². The van der Waals surface area contributed by atoms with Crippen LogP contribution in [0.25, 0.3) is 0 Å². The molecule has 172 valence electrons. The minimum Gasteiger partial charge on any atom is -0.495 e. The Bertz CT molecular complexity index is 1100. The van der Waals surface area contributed by atoms with Crippen LogP contribution in [0.1, 0.15) is 12.6 Å². The minimum absolute atomic E-state index is 0.0939. The van der Waals surface area contributed by atoms with E-state index in [1.807, 2.05) is 6.07 Å². The Labute approximate surface area is 194 Å². The van der Waals surface area contributed by atoms with Crippen LogP contribution in [0.15, 0.2) is 60.0 Å². The summed E-state index contributed by atoms with van der Waals surface area (Å²) in [5.74, 6) is -0.214. The maximum atomic E-state index is 12.3. The van der Waals surface area contributed by atoms with Crippen molar-refractivity contribution in [3.8, 4) is 11.5 Å². The van der Waals surface area contributed by atoms with Crippen LogP contribution in [0.3, 0.4) is 0 Å². The van der Waals surface area contributed by atoms with Gasteiger partial charge < -0.3 is 19.5 Å². The van der Waals surface area contributed by atoms with E-state index in [9.17, 15) is 14.4 Å². The molecule has 0 atom stereocenters. The second kappa shape index (κ2) is 11.6.